The molecule has 0 aliphatic carbocycles. The van der Waals surface area contributed by atoms with Gasteiger partial charge in [0.05, 0.1) is 6.20 Å². The molecule has 12 heteroatoms. The van der Waals surface area contributed by atoms with Gasteiger partial charge >= 0.3 is 0 Å². The Morgan fingerprint density at radius 3 is 2.41 bits per heavy atom. The van der Waals surface area contributed by atoms with Gasteiger partial charge < -0.3 is 29.9 Å². The van der Waals surface area contributed by atoms with Crippen molar-refractivity contribution >= 4 is 36.4 Å². The number of carbonyl (C=O) groups excluding carboxylic acids is 1. The van der Waals surface area contributed by atoms with Crippen molar-refractivity contribution in [2.75, 3.05) is 57.3 Å². The molecule has 222 valence electrons. The molecule has 0 saturated carbocycles. The maximum absolute atomic E-state index is 14.4. The molecule has 3 saturated heterocycles. The monoisotopic (exact) mass is 606 g/mol. The second-order valence-electron chi connectivity index (χ2n) is 10.4. The molecule has 0 spiro atoms. The highest BCUT2D eigenvalue weighted by Crippen LogP contribution is 2.33. The van der Waals surface area contributed by atoms with E-state index in [1.54, 1.807) is 12.3 Å². The molecule has 41 heavy (non-hydrogen) atoms. The Bertz CT molecular complexity index is 1280. The number of ether oxygens (including phenoxy) is 2. The zero-order valence-corrected chi connectivity index (χ0v) is 24.4. The fraction of sp³-hybridized carbons (Fsp3) is 0.448. The van der Waals surface area contributed by atoms with Crippen LogP contribution >= 0.6 is 24.8 Å². The average molecular weight is 608 g/mol. The summed E-state index contributed by atoms with van der Waals surface area (Å²) in [5.41, 5.74) is 3.21. The summed E-state index contributed by atoms with van der Waals surface area (Å²) in [6.45, 7) is 6.38. The molecule has 1 amide bonds. The van der Waals surface area contributed by atoms with Gasteiger partial charge in [-0.1, -0.05) is 0 Å². The number of anilines is 1. The number of benzene rings is 2. The van der Waals surface area contributed by atoms with Crippen LogP contribution in [0.1, 0.15) is 29.6 Å². The molecule has 6 rings (SSSR count). The van der Waals surface area contributed by atoms with E-state index < -0.39 is 0 Å². The smallest absolute Gasteiger partial charge is 0.253 e. The van der Waals surface area contributed by atoms with Crippen molar-refractivity contribution in [3.63, 3.8) is 0 Å². The van der Waals surface area contributed by atoms with E-state index >= 15 is 0 Å². The predicted molar refractivity (Wildman–Crippen MR) is 161 cm³/mol. The van der Waals surface area contributed by atoms with E-state index in [2.05, 4.69) is 25.7 Å². The number of nitrogens with zero attached hydrogens (tertiary/aromatic N) is 3. The number of carbonyl (C=O) groups is 1. The minimum absolute atomic E-state index is 0. The van der Waals surface area contributed by atoms with Gasteiger partial charge in [0.25, 0.3) is 5.91 Å². The van der Waals surface area contributed by atoms with Gasteiger partial charge in [0.1, 0.15) is 29.5 Å². The van der Waals surface area contributed by atoms with Crippen LogP contribution in [0, 0.1) is 5.82 Å². The molecule has 1 atom stereocenters. The third-order valence-electron chi connectivity index (χ3n) is 7.71. The van der Waals surface area contributed by atoms with E-state index in [-0.39, 0.29) is 48.7 Å². The highest BCUT2D eigenvalue weighted by molar-refractivity contribution is 5.96. The lowest BCUT2D eigenvalue weighted by Gasteiger charge is -2.33. The normalized spacial score (nSPS) is 19.3. The van der Waals surface area contributed by atoms with E-state index in [0.717, 1.165) is 68.3 Å². The molecule has 9 nitrogen and oxygen atoms in total. The maximum Gasteiger partial charge on any atom is 0.253 e. The lowest BCUT2D eigenvalue weighted by Crippen LogP contribution is -2.43. The standard InChI is InChI=1S/C29H35FN6O3.2ClH/c30-22-14-23(35-11-7-31-8-12-35)16-26(15-22)38-24-4-9-36(10-5-24)29(37)20-1-2-28(39-25-3-6-32-19-25)27(13-20)21-17-33-34-18-21;;/h1-2,13-18,24-25,31-32H,3-12,19H2,(H,33,34);2*1H/t25-;;/m0../s1. The van der Waals surface area contributed by atoms with Gasteiger partial charge in [-0.15, -0.1) is 24.8 Å². The number of H-pyrrole nitrogens is 1. The molecular formula is C29H37Cl2FN6O3. The van der Waals surface area contributed by atoms with E-state index in [0.29, 0.717) is 37.2 Å². The summed E-state index contributed by atoms with van der Waals surface area (Å²) in [7, 11) is 0. The Morgan fingerprint density at radius 2 is 1.71 bits per heavy atom. The molecule has 3 aliphatic heterocycles. The molecule has 3 aromatic rings. The number of hydrogen-bond acceptors (Lipinski definition) is 7. The minimum atomic E-state index is -0.293. The SMILES string of the molecule is Cl.Cl.O=C(c1ccc(O[C@H]2CCNC2)c(-c2cn[nH]c2)c1)N1CCC(Oc2cc(F)cc(N3CCNCC3)c2)CC1. The van der Waals surface area contributed by atoms with Crippen LogP contribution in [-0.4, -0.2) is 85.6 Å². The number of aromatic amines is 1. The van der Waals surface area contributed by atoms with E-state index in [1.165, 1.54) is 6.07 Å². The van der Waals surface area contributed by atoms with Crippen LogP contribution in [-0.2, 0) is 0 Å². The van der Waals surface area contributed by atoms with Gasteiger partial charge in [-0.2, -0.15) is 5.10 Å². The Labute approximate surface area is 252 Å². The Hall–Kier alpha value is -3.05. The Balaban J connectivity index is 0.00000194. The van der Waals surface area contributed by atoms with Crippen LogP contribution in [0.4, 0.5) is 10.1 Å². The second kappa shape index (κ2) is 14.2. The van der Waals surface area contributed by atoms with Crippen molar-refractivity contribution in [2.45, 2.75) is 31.5 Å². The van der Waals surface area contributed by atoms with Crippen LogP contribution < -0.4 is 25.0 Å². The molecule has 0 unspecified atom stereocenters. The number of aromatic nitrogens is 2. The highest BCUT2D eigenvalue weighted by atomic mass is 35.5. The third kappa shape index (κ3) is 7.43. The average Bonchev–Trinajstić information content (AvgIpc) is 3.69. The molecule has 0 bridgehead atoms. The molecule has 3 aliphatic rings. The zero-order valence-electron chi connectivity index (χ0n) is 22.8. The van der Waals surface area contributed by atoms with E-state index in [1.807, 2.05) is 35.4 Å². The van der Waals surface area contributed by atoms with E-state index in [9.17, 15) is 9.18 Å². The van der Waals surface area contributed by atoms with Crippen LogP contribution in [0.25, 0.3) is 11.1 Å². The molecule has 4 heterocycles. The van der Waals surface area contributed by atoms with Gasteiger partial charge in [0.15, 0.2) is 0 Å². The molecule has 2 aromatic carbocycles. The van der Waals surface area contributed by atoms with Crippen molar-refractivity contribution < 1.29 is 18.7 Å². The number of nitrogens with one attached hydrogen (secondary N) is 3. The van der Waals surface area contributed by atoms with Crippen LogP contribution in [0.2, 0.25) is 0 Å². The van der Waals surface area contributed by atoms with Crippen LogP contribution in [0.15, 0.2) is 48.8 Å². The lowest BCUT2D eigenvalue weighted by molar-refractivity contribution is 0.0595. The largest absolute Gasteiger partial charge is 0.490 e. The number of amides is 1. The number of likely N-dealkylation sites (tertiary alicyclic amines) is 1. The van der Waals surface area contributed by atoms with Gasteiger partial charge in [0.2, 0.25) is 0 Å². The van der Waals surface area contributed by atoms with Gasteiger partial charge in [-0.3, -0.25) is 9.89 Å². The molecular weight excluding hydrogens is 570 g/mol. The number of piperazine rings is 1. The van der Waals surface area contributed by atoms with Gasteiger partial charge in [0, 0.05) is 99.4 Å². The number of hydrogen-bond donors (Lipinski definition) is 3. The quantitative estimate of drug-likeness (QED) is 0.375. The zero-order chi connectivity index (χ0) is 26.6. The van der Waals surface area contributed by atoms with Crippen LogP contribution in [0.3, 0.4) is 0 Å². The molecule has 1 aromatic heterocycles. The summed E-state index contributed by atoms with van der Waals surface area (Å²) in [4.78, 5) is 17.5. The first-order valence-electron chi connectivity index (χ1n) is 13.9. The summed E-state index contributed by atoms with van der Waals surface area (Å²) >= 11 is 0. The number of rotatable bonds is 7. The Kier molecular flexibility index (Phi) is 10.7. The van der Waals surface area contributed by atoms with Crippen molar-refractivity contribution in [3.05, 3.63) is 60.2 Å². The topological polar surface area (TPSA) is 94.7 Å². The summed E-state index contributed by atoms with van der Waals surface area (Å²) < 4.78 is 26.8. The first-order valence-corrected chi connectivity index (χ1v) is 13.9. The predicted octanol–water partition coefficient (Wildman–Crippen LogP) is 3.89. The minimum Gasteiger partial charge on any atom is -0.490 e. The van der Waals surface area contributed by atoms with Crippen molar-refractivity contribution in [2.24, 2.45) is 0 Å². The highest BCUT2D eigenvalue weighted by Gasteiger charge is 2.27. The maximum atomic E-state index is 14.4. The van der Waals surface area contributed by atoms with Gasteiger partial charge in [-0.25, -0.2) is 4.39 Å². The van der Waals surface area contributed by atoms with Crippen molar-refractivity contribution in [1.29, 1.82) is 0 Å². The van der Waals surface area contributed by atoms with E-state index in [4.69, 9.17) is 9.47 Å². The lowest BCUT2D eigenvalue weighted by atomic mass is 10.0. The molecule has 3 N–H and O–H groups in total. The first kappa shape index (κ1) is 30.9. The fourth-order valence-corrected chi connectivity index (χ4v) is 5.57. The summed E-state index contributed by atoms with van der Waals surface area (Å²) in [6, 6.07) is 10.6. The van der Waals surface area contributed by atoms with Crippen molar-refractivity contribution in [3.8, 4) is 22.6 Å². The number of piperidine rings is 1. The summed E-state index contributed by atoms with van der Waals surface area (Å²) in [5.74, 6) is 0.993. The summed E-state index contributed by atoms with van der Waals surface area (Å²) in [6.07, 6.45) is 5.94. The van der Waals surface area contributed by atoms with Crippen molar-refractivity contribution in [1.82, 2.24) is 25.7 Å². The fourth-order valence-electron chi connectivity index (χ4n) is 5.57. The molecule has 3 fully saturated rings. The third-order valence-corrected chi connectivity index (χ3v) is 7.71. The molecule has 0 radical (unpaired) electrons. The Morgan fingerprint density at radius 1 is 0.902 bits per heavy atom. The van der Waals surface area contributed by atoms with Gasteiger partial charge in [-0.05, 0) is 37.2 Å². The van der Waals surface area contributed by atoms with Crippen LogP contribution in [0.5, 0.6) is 11.5 Å². The number of halogens is 3. The summed E-state index contributed by atoms with van der Waals surface area (Å²) in [5, 5.41) is 13.6. The first-order chi connectivity index (χ1) is 19.1. The second-order valence-corrected chi connectivity index (χ2v) is 10.4.